The maximum Gasteiger partial charge on any atom is 0.255 e. The van der Waals surface area contributed by atoms with Gasteiger partial charge in [-0.3, -0.25) is 20.8 Å². The van der Waals surface area contributed by atoms with E-state index in [2.05, 4.69) is 38.0 Å². The van der Waals surface area contributed by atoms with Crippen molar-refractivity contribution < 1.29 is 4.79 Å². The lowest BCUT2D eigenvalue weighted by atomic mass is 10.3. The molecular weight excluding hydrogens is 174 g/mol. The number of hydrogen-bond donors (Lipinski definition) is 3. The van der Waals surface area contributed by atoms with E-state index in [9.17, 15) is 4.79 Å². The molecule has 0 saturated carbocycles. The highest BCUT2D eigenvalue weighted by molar-refractivity contribution is 7.78. The number of hydrazine groups is 1. The minimum atomic E-state index is -0.128. The second-order valence-electron chi connectivity index (χ2n) is 2.02. The van der Waals surface area contributed by atoms with E-state index in [1.807, 2.05) is 0 Å². The standard InChI is InChI=1S/C7H13NOS.H4N2/c1-3-5-6-8(10)7(9)4-2;1-2/h4,10H,2-3,5-6H2,1H3;1-2H2. The predicted octanol–water partition coefficient (Wildman–Crippen LogP) is 0.465. The van der Waals surface area contributed by atoms with Crippen LogP contribution < -0.4 is 11.7 Å². The van der Waals surface area contributed by atoms with Crippen LogP contribution in [-0.4, -0.2) is 16.8 Å². The Balaban J connectivity index is 0. The Morgan fingerprint density at radius 3 is 2.50 bits per heavy atom. The summed E-state index contributed by atoms with van der Waals surface area (Å²) in [6, 6.07) is 0. The third-order valence-corrected chi connectivity index (χ3v) is 1.55. The predicted molar refractivity (Wildman–Crippen MR) is 54.2 cm³/mol. The van der Waals surface area contributed by atoms with Crippen LogP contribution in [0.1, 0.15) is 19.8 Å². The molecule has 4 N–H and O–H groups in total. The van der Waals surface area contributed by atoms with Crippen LogP contribution in [0.3, 0.4) is 0 Å². The normalized spacial score (nSPS) is 8.00. The molecule has 1 amide bonds. The first-order valence-corrected chi connectivity index (χ1v) is 4.08. The van der Waals surface area contributed by atoms with Gasteiger partial charge in [0, 0.05) is 6.54 Å². The summed E-state index contributed by atoms with van der Waals surface area (Å²) in [6.07, 6.45) is 3.33. The summed E-state index contributed by atoms with van der Waals surface area (Å²) in [7, 11) is 0. The van der Waals surface area contributed by atoms with E-state index in [-0.39, 0.29) is 5.91 Å². The smallest absolute Gasteiger partial charge is 0.255 e. The number of unbranched alkanes of at least 4 members (excludes halogenated alkanes) is 1. The molecule has 0 aliphatic heterocycles. The average Bonchev–Trinajstić information content (AvgIpc) is 2.16. The molecule has 0 aromatic carbocycles. The van der Waals surface area contributed by atoms with Gasteiger partial charge in [0.1, 0.15) is 0 Å². The third-order valence-electron chi connectivity index (χ3n) is 1.15. The number of nitrogens with two attached hydrogens (primary N) is 2. The second-order valence-corrected chi connectivity index (χ2v) is 2.50. The first kappa shape index (κ1) is 14.0. The molecule has 0 spiro atoms. The van der Waals surface area contributed by atoms with Gasteiger partial charge >= 0.3 is 0 Å². The Morgan fingerprint density at radius 2 is 2.17 bits per heavy atom. The molecule has 0 aliphatic rings. The highest BCUT2D eigenvalue weighted by Crippen LogP contribution is 1.98. The van der Waals surface area contributed by atoms with Gasteiger partial charge in [-0.1, -0.05) is 32.7 Å². The minimum absolute atomic E-state index is 0.128. The molecule has 5 heteroatoms. The van der Waals surface area contributed by atoms with Crippen LogP contribution >= 0.6 is 12.8 Å². The van der Waals surface area contributed by atoms with Crippen molar-refractivity contribution in [3.63, 3.8) is 0 Å². The van der Waals surface area contributed by atoms with Crippen molar-refractivity contribution in [3.05, 3.63) is 12.7 Å². The molecule has 0 fully saturated rings. The van der Waals surface area contributed by atoms with E-state index in [1.54, 1.807) is 0 Å². The van der Waals surface area contributed by atoms with E-state index in [0.717, 1.165) is 12.8 Å². The van der Waals surface area contributed by atoms with Crippen LogP contribution in [-0.2, 0) is 4.79 Å². The fraction of sp³-hybridized carbons (Fsp3) is 0.571. The topological polar surface area (TPSA) is 72.3 Å². The van der Waals surface area contributed by atoms with Gasteiger partial charge in [0.25, 0.3) is 5.91 Å². The summed E-state index contributed by atoms with van der Waals surface area (Å²) in [5.41, 5.74) is 0. The quantitative estimate of drug-likeness (QED) is 0.262. The monoisotopic (exact) mass is 191 g/mol. The van der Waals surface area contributed by atoms with Crippen LogP contribution in [0.2, 0.25) is 0 Å². The Kier molecular flexibility index (Phi) is 12.3. The van der Waals surface area contributed by atoms with Gasteiger partial charge in [-0.2, -0.15) is 0 Å². The summed E-state index contributed by atoms with van der Waals surface area (Å²) in [5, 5.41) is 0. The van der Waals surface area contributed by atoms with Crippen molar-refractivity contribution in [2.45, 2.75) is 19.8 Å². The van der Waals surface area contributed by atoms with Gasteiger partial charge in [0.05, 0.1) is 0 Å². The number of nitrogens with zero attached hydrogens (tertiary/aromatic N) is 1. The molecule has 12 heavy (non-hydrogen) atoms. The first-order chi connectivity index (χ1) is 5.72. The number of hydrogen-bond acceptors (Lipinski definition) is 4. The first-order valence-electron chi connectivity index (χ1n) is 3.68. The molecule has 72 valence electrons. The number of carbonyl (C=O) groups is 1. The molecule has 0 unspecified atom stereocenters. The summed E-state index contributed by atoms with van der Waals surface area (Å²) in [4.78, 5) is 10.7. The highest BCUT2D eigenvalue weighted by atomic mass is 32.1. The molecular formula is C7H17N3OS. The molecule has 4 nitrogen and oxygen atoms in total. The third kappa shape index (κ3) is 7.59. The fourth-order valence-electron chi connectivity index (χ4n) is 0.523. The molecule has 0 aromatic heterocycles. The molecule has 0 aromatic rings. The molecule has 0 heterocycles. The van der Waals surface area contributed by atoms with Gasteiger partial charge in [-0.25, -0.2) is 0 Å². The Labute approximate surface area is 79.1 Å². The van der Waals surface area contributed by atoms with Crippen molar-refractivity contribution in [2.24, 2.45) is 11.7 Å². The summed E-state index contributed by atoms with van der Waals surface area (Å²) in [6.45, 7) is 6.12. The number of carbonyl (C=O) groups excluding carboxylic acids is 1. The largest absolute Gasteiger partial charge is 0.286 e. The Hall–Kier alpha value is -0.520. The Morgan fingerprint density at radius 1 is 1.67 bits per heavy atom. The lowest BCUT2D eigenvalue weighted by molar-refractivity contribution is -0.121. The maximum atomic E-state index is 10.7. The van der Waals surface area contributed by atoms with E-state index in [4.69, 9.17) is 0 Å². The van der Waals surface area contributed by atoms with Gasteiger partial charge < -0.3 is 0 Å². The lowest BCUT2D eigenvalue weighted by Crippen LogP contribution is -2.19. The number of rotatable bonds is 4. The maximum absolute atomic E-state index is 10.7. The van der Waals surface area contributed by atoms with Crippen molar-refractivity contribution >= 4 is 18.7 Å². The molecule has 0 rings (SSSR count). The molecule has 0 radical (unpaired) electrons. The SMILES string of the molecule is C=CC(=O)N(S)CCCC.NN. The van der Waals surface area contributed by atoms with Gasteiger partial charge in [-0.15, -0.1) is 0 Å². The average molecular weight is 191 g/mol. The molecule has 0 saturated heterocycles. The van der Waals surface area contributed by atoms with E-state index >= 15 is 0 Å². The molecule has 0 aliphatic carbocycles. The second kappa shape index (κ2) is 10.5. The van der Waals surface area contributed by atoms with Crippen molar-refractivity contribution in [3.8, 4) is 0 Å². The van der Waals surface area contributed by atoms with Crippen LogP contribution in [0.4, 0.5) is 0 Å². The zero-order chi connectivity index (χ0) is 9.98. The Bertz CT molecular complexity index is 130. The van der Waals surface area contributed by atoms with Gasteiger partial charge in [0.2, 0.25) is 0 Å². The summed E-state index contributed by atoms with van der Waals surface area (Å²) in [5.74, 6) is 7.87. The summed E-state index contributed by atoms with van der Waals surface area (Å²) >= 11 is 3.95. The van der Waals surface area contributed by atoms with Crippen LogP contribution in [0.5, 0.6) is 0 Å². The van der Waals surface area contributed by atoms with Crippen molar-refractivity contribution in [1.82, 2.24) is 4.31 Å². The minimum Gasteiger partial charge on any atom is -0.286 e. The highest BCUT2D eigenvalue weighted by Gasteiger charge is 2.02. The van der Waals surface area contributed by atoms with Gasteiger partial charge in [-0.05, 0) is 12.5 Å². The van der Waals surface area contributed by atoms with Crippen molar-refractivity contribution in [2.75, 3.05) is 6.54 Å². The van der Waals surface area contributed by atoms with Crippen molar-refractivity contribution in [1.29, 1.82) is 0 Å². The number of amides is 1. The van der Waals surface area contributed by atoms with E-state index in [0.29, 0.717) is 6.54 Å². The van der Waals surface area contributed by atoms with Crippen LogP contribution in [0, 0.1) is 0 Å². The molecule has 0 bridgehead atoms. The summed E-state index contributed by atoms with van der Waals surface area (Å²) < 4.78 is 1.37. The van der Waals surface area contributed by atoms with Gasteiger partial charge in [0.15, 0.2) is 0 Å². The lowest BCUT2D eigenvalue weighted by Gasteiger charge is -2.11. The zero-order valence-electron chi connectivity index (χ0n) is 7.36. The van der Waals surface area contributed by atoms with Crippen LogP contribution in [0.25, 0.3) is 0 Å². The number of thiol groups is 1. The van der Waals surface area contributed by atoms with Crippen LogP contribution in [0.15, 0.2) is 12.7 Å². The molecule has 0 atom stereocenters. The zero-order valence-corrected chi connectivity index (χ0v) is 8.26. The van der Waals surface area contributed by atoms with E-state index < -0.39 is 0 Å². The fourth-order valence-corrected chi connectivity index (χ4v) is 0.747. The van der Waals surface area contributed by atoms with E-state index in [1.165, 1.54) is 10.4 Å².